The van der Waals surface area contributed by atoms with E-state index in [4.69, 9.17) is 9.88 Å². The zero-order valence-electron chi connectivity index (χ0n) is 14.2. The number of nitrogens with two attached hydrogens (primary N) is 1. The second-order valence-electron chi connectivity index (χ2n) is 5.63. The molecule has 27 heavy (non-hydrogen) atoms. The Morgan fingerprint density at radius 1 is 1.11 bits per heavy atom. The Morgan fingerprint density at radius 3 is 2.37 bits per heavy atom. The first-order chi connectivity index (χ1) is 12.8. The number of aromatic nitrogens is 1. The largest absolute Gasteiger partial charge is 0.480 e. The van der Waals surface area contributed by atoms with Gasteiger partial charge in [-0.05, 0) is 35.9 Å². The van der Waals surface area contributed by atoms with Crippen LogP contribution in [0.3, 0.4) is 0 Å². The Kier molecular flexibility index (Phi) is 4.90. The van der Waals surface area contributed by atoms with Crippen molar-refractivity contribution in [2.75, 3.05) is 7.11 Å². The number of halogens is 1. The lowest BCUT2D eigenvalue weighted by atomic mass is 9.98. The van der Waals surface area contributed by atoms with Crippen molar-refractivity contribution in [3.63, 3.8) is 0 Å². The van der Waals surface area contributed by atoms with Gasteiger partial charge in [-0.3, -0.25) is 0 Å². The first kappa shape index (κ1) is 18.5. The van der Waals surface area contributed by atoms with Crippen molar-refractivity contribution in [3.8, 4) is 34.3 Å². The molecule has 0 spiro atoms. The molecule has 0 aliphatic rings. The molecule has 0 saturated carbocycles. The maximum atomic E-state index is 13.7. The van der Waals surface area contributed by atoms with E-state index in [2.05, 4.69) is 4.98 Å². The molecule has 0 saturated heterocycles. The molecule has 2 aromatic carbocycles. The Morgan fingerprint density at radius 2 is 1.81 bits per heavy atom. The third kappa shape index (κ3) is 3.79. The third-order valence-electron chi connectivity index (χ3n) is 3.89. The molecule has 8 heteroatoms. The van der Waals surface area contributed by atoms with Gasteiger partial charge in [0.05, 0.1) is 17.7 Å². The summed E-state index contributed by atoms with van der Waals surface area (Å²) in [5.41, 5.74) is 2.20. The van der Waals surface area contributed by atoms with E-state index in [1.807, 2.05) is 6.07 Å². The highest BCUT2D eigenvalue weighted by Crippen LogP contribution is 2.35. The van der Waals surface area contributed by atoms with Crippen molar-refractivity contribution in [1.82, 2.24) is 4.98 Å². The number of sulfonamides is 1. The van der Waals surface area contributed by atoms with Crippen LogP contribution in [0.1, 0.15) is 5.56 Å². The molecule has 136 valence electrons. The number of benzene rings is 2. The number of methoxy groups -OCH3 is 1. The number of primary sulfonamides is 1. The van der Waals surface area contributed by atoms with E-state index in [0.717, 1.165) is 0 Å². The van der Waals surface area contributed by atoms with Crippen molar-refractivity contribution in [3.05, 3.63) is 66.0 Å². The van der Waals surface area contributed by atoms with Crippen molar-refractivity contribution in [2.24, 2.45) is 5.14 Å². The number of hydrogen-bond donors (Lipinski definition) is 1. The van der Waals surface area contributed by atoms with Crippen LogP contribution in [-0.4, -0.2) is 20.5 Å². The van der Waals surface area contributed by atoms with E-state index in [9.17, 15) is 18.1 Å². The minimum absolute atomic E-state index is 0.0412. The highest BCUT2D eigenvalue weighted by molar-refractivity contribution is 7.89. The predicted octanol–water partition coefficient (Wildman–Crippen LogP) is 3.08. The van der Waals surface area contributed by atoms with Crippen LogP contribution in [0.5, 0.6) is 5.88 Å². The first-order valence-electron chi connectivity index (χ1n) is 7.72. The molecule has 0 bridgehead atoms. The summed E-state index contributed by atoms with van der Waals surface area (Å²) >= 11 is 0. The fourth-order valence-electron chi connectivity index (χ4n) is 2.63. The fraction of sp³-hybridized carbons (Fsp3) is 0.0526. The summed E-state index contributed by atoms with van der Waals surface area (Å²) in [6.45, 7) is 0. The van der Waals surface area contributed by atoms with E-state index < -0.39 is 15.8 Å². The van der Waals surface area contributed by atoms with Gasteiger partial charge in [0.1, 0.15) is 17.4 Å². The molecule has 6 nitrogen and oxygen atoms in total. The van der Waals surface area contributed by atoms with Gasteiger partial charge in [0, 0.05) is 11.1 Å². The van der Waals surface area contributed by atoms with E-state index in [0.29, 0.717) is 22.4 Å². The number of nitrogens with zero attached hydrogens (tertiary/aromatic N) is 2. The number of nitriles is 1. The lowest BCUT2D eigenvalue weighted by Crippen LogP contribution is -2.11. The van der Waals surface area contributed by atoms with Crippen LogP contribution in [-0.2, 0) is 10.0 Å². The molecule has 0 atom stereocenters. The summed E-state index contributed by atoms with van der Waals surface area (Å²) in [5, 5.41) is 14.5. The van der Waals surface area contributed by atoms with Gasteiger partial charge in [-0.2, -0.15) is 5.26 Å². The molecule has 1 aromatic heterocycles. The van der Waals surface area contributed by atoms with Gasteiger partial charge >= 0.3 is 0 Å². The molecule has 3 aromatic rings. The monoisotopic (exact) mass is 383 g/mol. The molecule has 0 amide bonds. The minimum atomic E-state index is -3.83. The van der Waals surface area contributed by atoms with Crippen molar-refractivity contribution >= 4 is 10.0 Å². The van der Waals surface area contributed by atoms with Gasteiger partial charge in [-0.15, -0.1) is 0 Å². The van der Waals surface area contributed by atoms with Gasteiger partial charge in [-0.1, -0.05) is 24.3 Å². The normalized spacial score (nSPS) is 11.0. The maximum Gasteiger partial charge on any atom is 0.238 e. The second-order valence-corrected chi connectivity index (χ2v) is 7.19. The Bertz CT molecular complexity index is 1150. The Hall–Kier alpha value is -3.28. The smallest absolute Gasteiger partial charge is 0.238 e. The second kappa shape index (κ2) is 7.15. The summed E-state index contributed by atoms with van der Waals surface area (Å²) in [4.78, 5) is 4.33. The Labute approximate surface area is 155 Å². The predicted molar refractivity (Wildman–Crippen MR) is 97.7 cm³/mol. The van der Waals surface area contributed by atoms with Crippen LogP contribution in [0.2, 0.25) is 0 Å². The summed E-state index contributed by atoms with van der Waals surface area (Å²) < 4.78 is 41.8. The zero-order chi connectivity index (χ0) is 19.6. The van der Waals surface area contributed by atoms with Crippen LogP contribution in [0.4, 0.5) is 4.39 Å². The van der Waals surface area contributed by atoms with Gasteiger partial charge in [0.25, 0.3) is 0 Å². The quantitative estimate of drug-likeness (QED) is 0.745. The van der Waals surface area contributed by atoms with Crippen LogP contribution >= 0.6 is 0 Å². The van der Waals surface area contributed by atoms with Gasteiger partial charge in [-0.25, -0.2) is 22.9 Å². The van der Waals surface area contributed by atoms with E-state index in [1.54, 1.807) is 30.3 Å². The van der Waals surface area contributed by atoms with Crippen LogP contribution in [0.25, 0.3) is 22.4 Å². The number of pyridine rings is 1. The van der Waals surface area contributed by atoms with Crippen molar-refractivity contribution in [2.45, 2.75) is 4.90 Å². The number of rotatable bonds is 4. The number of hydrogen-bond acceptors (Lipinski definition) is 5. The molecule has 0 fully saturated rings. The standard InChI is InChI=1S/C19H14FN3O3S/c1-26-19-14(11-21)10-17(12-5-7-16(8-6-12)27(22,24)25)18(23-19)13-3-2-4-15(20)9-13/h2-10H,1H3,(H2,22,24,25). The SMILES string of the molecule is COc1nc(-c2cccc(F)c2)c(-c2ccc(S(N)(=O)=O)cc2)cc1C#N. The van der Waals surface area contributed by atoms with Crippen LogP contribution in [0.15, 0.2) is 59.5 Å². The van der Waals surface area contributed by atoms with E-state index in [-0.39, 0.29) is 16.3 Å². The topological polar surface area (TPSA) is 106 Å². The van der Waals surface area contributed by atoms with E-state index >= 15 is 0 Å². The van der Waals surface area contributed by atoms with Crippen molar-refractivity contribution < 1.29 is 17.5 Å². The minimum Gasteiger partial charge on any atom is -0.480 e. The third-order valence-corrected chi connectivity index (χ3v) is 4.82. The van der Waals surface area contributed by atoms with E-state index in [1.165, 1.54) is 31.4 Å². The molecular formula is C19H14FN3O3S. The molecule has 0 unspecified atom stereocenters. The maximum absolute atomic E-state index is 13.7. The molecule has 0 aliphatic carbocycles. The van der Waals surface area contributed by atoms with Gasteiger partial charge < -0.3 is 4.74 Å². The highest BCUT2D eigenvalue weighted by Gasteiger charge is 2.17. The van der Waals surface area contributed by atoms with Crippen LogP contribution < -0.4 is 9.88 Å². The molecular weight excluding hydrogens is 369 g/mol. The lowest BCUT2D eigenvalue weighted by Gasteiger charge is -2.13. The summed E-state index contributed by atoms with van der Waals surface area (Å²) in [7, 11) is -2.44. The number of ether oxygens (including phenoxy) is 1. The molecule has 2 N–H and O–H groups in total. The first-order valence-corrected chi connectivity index (χ1v) is 9.26. The summed E-state index contributed by atoms with van der Waals surface area (Å²) in [6, 6.07) is 15.2. The summed E-state index contributed by atoms with van der Waals surface area (Å²) in [6.07, 6.45) is 0. The lowest BCUT2D eigenvalue weighted by molar-refractivity contribution is 0.397. The molecule has 0 radical (unpaired) electrons. The molecule has 1 heterocycles. The van der Waals surface area contributed by atoms with Gasteiger partial charge in [0.15, 0.2) is 0 Å². The van der Waals surface area contributed by atoms with Gasteiger partial charge in [0.2, 0.25) is 15.9 Å². The zero-order valence-corrected chi connectivity index (χ0v) is 15.0. The average molecular weight is 383 g/mol. The molecule has 0 aliphatic heterocycles. The van der Waals surface area contributed by atoms with Crippen LogP contribution in [0, 0.1) is 17.1 Å². The molecule has 3 rings (SSSR count). The van der Waals surface area contributed by atoms with Crippen molar-refractivity contribution in [1.29, 1.82) is 5.26 Å². The Balaban J connectivity index is 2.26. The summed E-state index contributed by atoms with van der Waals surface area (Å²) in [5.74, 6) is -0.324. The highest BCUT2D eigenvalue weighted by atomic mass is 32.2. The average Bonchev–Trinajstić information content (AvgIpc) is 2.66. The fourth-order valence-corrected chi connectivity index (χ4v) is 3.15.